The van der Waals surface area contributed by atoms with Crippen molar-refractivity contribution in [2.45, 2.75) is 13.8 Å². The Labute approximate surface area is 137 Å². The standard InChI is InChI=1S/C20H14N4/c1-11-9-14-13-5-3-4-6-16(13)23-18(14)15(10-11)19-21-8-7-17-22-12(2)20(23)24(17)19/h3-10H,1-2H3. The molecule has 4 aromatic heterocycles. The molecule has 0 amide bonds. The van der Waals surface area contributed by atoms with Crippen LogP contribution in [0.4, 0.5) is 0 Å². The first-order chi connectivity index (χ1) is 11.7. The summed E-state index contributed by atoms with van der Waals surface area (Å²) in [5, 5.41) is 3.74. The minimum absolute atomic E-state index is 0.950. The van der Waals surface area contributed by atoms with Gasteiger partial charge in [0.1, 0.15) is 16.9 Å². The Morgan fingerprint density at radius 1 is 0.875 bits per heavy atom. The van der Waals surface area contributed by atoms with Gasteiger partial charge in [-0.15, -0.1) is 0 Å². The van der Waals surface area contributed by atoms with E-state index in [1.54, 1.807) is 0 Å². The van der Waals surface area contributed by atoms with Crippen LogP contribution in [-0.2, 0) is 0 Å². The highest BCUT2D eigenvalue weighted by atomic mass is 15.2. The summed E-state index contributed by atoms with van der Waals surface area (Å²) in [5.74, 6) is 0. The molecule has 0 saturated heterocycles. The first-order valence-electron chi connectivity index (χ1n) is 8.12. The van der Waals surface area contributed by atoms with Crippen LogP contribution in [0.3, 0.4) is 0 Å². The number of hydrogen-bond donors (Lipinski definition) is 0. The first kappa shape index (κ1) is 12.3. The Balaban J connectivity index is 2.17. The molecule has 0 saturated carbocycles. The fourth-order valence-electron chi connectivity index (χ4n) is 4.18. The Kier molecular flexibility index (Phi) is 1.97. The van der Waals surface area contributed by atoms with Gasteiger partial charge in [0.15, 0.2) is 0 Å². The van der Waals surface area contributed by atoms with E-state index in [2.05, 4.69) is 59.0 Å². The predicted octanol–water partition coefficient (Wildman–Crippen LogP) is 4.50. The van der Waals surface area contributed by atoms with Gasteiger partial charge in [-0.1, -0.05) is 18.2 Å². The van der Waals surface area contributed by atoms with Crippen LogP contribution in [0.2, 0.25) is 0 Å². The van der Waals surface area contributed by atoms with E-state index in [-0.39, 0.29) is 0 Å². The van der Waals surface area contributed by atoms with E-state index in [1.807, 2.05) is 12.3 Å². The number of imidazole rings is 1. The van der Waals surface area contributed by atoms with Gasteiger partial charge in [-0.25, -0.2) is 9.97 Å². The Hall–Kier alpha value is -3.14. The molecule has 0 atom stereocenters. The third kappa shape index (κ3) is 1.23. The molecule has 0 aliphatic heterocycles. The molecule has 0 aliphatic carbocycles. The average Bonchev–Trinajstić information content (AvgIpc) is 3.08. The summed E-state index contributed by atoms with van der Waals surface area (Å²) >= 11 is 0. The molecule has 6 rings (SSSR count). The van der Waals surface area contributed by atoms with Gasteiger partial charge >= 0.3 is 0 Å². The Bertz CT molecular complexity index is 1420. The summed E-state index contributed by atoms with van der Waals surface area (Å²) in [7, 11) is 0. The van der Waals surface area contributed by atoms with Crippen molar-refractivity contribution in [3.63, 3.8) is 0 Å². The fraction of sp³-hybridized carbons (Fsp3) is 0.100. The maximum Gasteiger partial charge on any atom is 0.149 e. The first-order valence-corrected chi connectivity index (χ1v) is 8.12. The lowest BCUT2D eigenvalue weighted by atomic mass is 10.1. The van der Waals surface area contributed by atoms with Crippen LogP contribution in [0.5, 0.6) is 0 Å². The normalized spacial score (nSPS) is 12.6. The molecule has 0 N–H and O–H groups in total. The van der Waals surface area contributed by atoms with Crippen molar-refractivity contribution in [2.24, 2.45) is 0 Å². The third-order valence-corrected chi connectivity index (χ3v) is 5.04. The average molecular weight is 310 g/mol. The smallest absolute Gasteiger partial charge is 0.149 e. The minimum atomic E-state index is 0.950. The van der Waals surface area contributed by atoms with Crippen molar-refractivity contribution in [3.05, 3.63) is 59.9 Å². The summed E-state index contributed by atoms with van der Waals surface area (Å²) in [5.41, 5.74) is 7.77. The van der Waals surface area contributed by atoms with Gasteiger partial charge in [0.05, 0.1) is 16.7 Å². The van der Waals surface area contributed by atoms with Crippen LogP contribution in [-0.4, -0.2) is 18.8 Å². The highest BCUT2D eigenvalue weighted by Crippen LogP contribution is 2.37. The van der Waals surface area contributed by atoms with E-state index < -0.39 is 0 Å². The molecule has 4 heterocycles. The lowest BCUT2D eigenvalue weighted by Gasteiger charge is -2.10. The van der Waals surface area contributed by atoms with Crippen molar-refractivity contribution < 1.29 is 0 Å². The van der Waals surface area contributed by atoms with E-state index in [9.17, 15) is 0 Å². The number of benzene rings is 2. The van der Waals surface area contributed by atoms with Gasteiger partial charge in [-0.2, -0.15) is 0 Å². The van der Waals surface area contributed by atoms with Crippen LogP contribution in [0, 0.1) is 13.8 Å². The summed E-state index contributed by atoms with van der Waals surface area (Å²) in [6, 6.07) is 15.1. The number of fused-ring (bicyclic) bond motifs is 5. The van der Waals surface area contributed by atoms with Crippen LogP contribution in [0.1, 0.15) is 11.3 Å². The molecule has 0 spiro atoms. The van der Waals surface area contributed by atoms with Crippen LogP contribution >= 0.6 is 0 Å². The van der Waals surface area contributed by atoms with E-state index in [0.29, 0.717) is 0 Å². The highest BCUT2D eigenvalue weighted by molar-refractivity contribution is 6.18. The van der Waals surface area contributed by atoms with Gasteiger partial charge < -0.3 is 0 Å². The predicted molar refractivity (Wildman–Crippen MR) is 97.1 cm³/mol. The molecular weight excluding hydrogens is 296 g/mol. The largest absolute Gasteiger partial charge is 0.293 e. The molecule has 24 heavy (non-hydrogen) atoms. The maximum absolute atomic E-state index is 4.77. The van der Waals surface area contributed by atoms with Gasteiger partial charge in [-0.3, -0.25) is 8.80 Å². The molecule has 4 nitrogen and oxygen atoms in total. The number of aryl methyl sites for hydroxylation is 2. The number of nitrogens with zero attached hydrogens (tertiary/aromatic N) is 4. The van der Waals surface area contributed by atoms with Crippen LogP contribution < -0.4 is 0 Å². The SMILES string of the molecule is Cc1cc2c3ccccc3n3c2c(c1)c1nccc2nc(C)c3n21. The second kappa shape index (κ2) is 3.85. The number of para-hydroxylation sites is 1. The molecule has 6 aromatic rings. The van der Waals surface area contributed by atoms with Crippen LogP contribution in [0.25, 0.3) is 44.1 Å². The van der Waals surface area contributed by atoms with E-state index in [1.165, 1.54) is 32.8 Å². The molecule has 0 radical (unpaired) electrons. The second-order valence-corrected chi connectivity index (χ2v) is 6.54. The van der Waals surface area contributed by atoms with E-state index in [0.717, 1.165) is 22.6 Å². The van der Waals surface area contributed by atoms with Gasteiger partial charge in [-0.05, 0) is 43.7 Å². The van der Waals surface area contributed by atoms with Crippen molar-refractivity contribution in [1.29, 1.82) is 0 Å². The van der Waals surface area contributed by atoms with Gasteiger partial charge in [0.2, 0.25) is 0 Å². The topological polar surface area (TPSA) is 34.6 Å². The van der Waals surface area contributed by atoms with Crippen molar-refractivity contribution in [2.75, 3.05) is 0 Å². The number of hydrogen-bond acceptors (Lipinski definition) is 2. The van der Waals surface area contributed by atoms with Gasteiger partial charge in [0.25, 0.3) is 0 Å². The molecule has 0 unspecified atom stereocenters. The fourth-order valence-corrected chi connectivity index (χ4v) is 4.18. The summed E-state index contributed by atoms with van der Waals surface area (Å²) in [6.45, 7) is 4.22. The lowest BCUT2D eigenvalue weighted by Crippen LogP contribution is -2.00. The zero-order valence-corrected chi connectivity index (χ0v) is 13.4. The number of aromatic nitrogens is 4. The zero-order valence-electron chi connectivity index (χ0n) is 13.4. The van der Waals surface area contributed by atoms with E-state index in [4.69, 9.17) is 9.97 Å². The molecule has 0 fully saturated rings. The zero-order chi connectivity index (χ0) is 16.0. The Morgan fingerprint density at radius 2 is 1.71 bits per heavy atom. The molecule has 114 valence electrons. The summed E-state index contributed by atoms with van der Waals surface area (Å²) < 4.78 is 4.53. The number of rotatable bonds is 0. The van der Waals surface area contributed by atoms with Crippen molar-refractivity contribution in [1.82, 2.24) is 18.8 Å². The molecule has 0 bridgehead atoms. The van der Waals surface area contributed by atoms with Gasteiger partial charge in [0, 0.05) is 22.4 Å². The highest BCUT2D eigenvalue weighted by Gasteiger charge is 2.20. The van der Waals surface area contributed by atoms with E-state index >= 15 is 0 Å². The molecule has 2 aromatic carbocycles. The molecular formula is C20H14N4. The molecule has 0 aliphatic rings. The monoisotopic (exact) mass is 310 g/mol. The second-order valence-electron chi connectivity index (χ2n) is 6.54. The van der Waals surface area contributed by atoms with Crippen LogP contribution in [0.15, 0.2) is 48.7 Å². The summed E-state index contributed by atoms with van der Waals surface area (Å²) in [6.07, 6.45) is 1.85. The quantitative estimate of drug-likeness (QED) is 0.387. The molecule has 4 heteroatoms. The minimum Gasteiger partial charge on any atom is -0.293 e. The van der Waals surface area contributed by atoms with Crippen molar-refractivity contribution in [3.8, 4) is 0 Å². The Morgan fingerprint density at radius 3 is 2.62 bits per heavy atom. The lowest BCUT2D eigenvalue weighted by molar-refractivity contribution is 1.14. The third-order valence-electron chi connectivity index (χ3n) is 5.04. The summed E-state index contributed by atoms with van der Waals surface area (Å²) in [4.78, 5) is 9.46. The van der Waals surface area contributed by atoms with Crippen molar-refractivity contribution >= 4 is 44.1 Å². The maximum atomic E-state index is 4.77.